The van der Waals surface area contributed by atoms with Gasteiger partial charge >= 0.3 is 0 Å². The molecule has 6 nitrogen and oxygen atoms in total. The third-order valence-electron chi connectivity index (χ3n) is 3.71. The molecule has 1 aromatic rings. The summed E-state index contributed by atoms with van der Waals surface area (Å²) < 4.78 is 18.5. The number of nitrogens with one attached hydrogen (secondary N) is 2. The van der Waals surface area contributed by atoms with Gasteiger partial charge in [0.1, 0.15) is 11.6 Å². The molecule has 0 unspecified atom stereocenters. The van der Waals surface area contributed by atoms with Gasteiger partial charge in [-0.05, 0) is 50.3 Å². The Bertz CT molecular complexity index is 591. The van der Waals surface area contributed by atoms with Crippen LogP contribution in [-0.2, 0) is 4.74 Å². The van der Waals surface area contributed by atoms with E-state index in [4.69, 9.17) is 17.0 Å². The number of morpholine rings is 1. The molecule has 2 rings (SSSR count). The van der Waals surface area contributed by atoms with Gasteiger partial charge in [-0.25, -0.2) is 4.39 Å². The van der Waals surface area contributed by atoms with Gasteiger partial charge in [0.2, 0.25) is 0 Å². The highest BCUT2D eigenvalue weighted by Crippen LogP contribution is 2.18. The number of phenols is 1. The van der Waals surface area contributed by atoms with Crippen LogP contribution in [0, 0.1) is 5.82 Å². The number of benzene rings is 1. The molecule has 3 N–H and O–H groups in total. The third-order valence-corrected chi connectivity index (χ3v) is 3.95. The molecule has 0 bridgehead atoms. The second kappa shape index (κ2) is 9.51. The minimum Gasteiger partial charge on any atom is -0.507 e. The topological polar surface area (TPSA) is 69.1 Å². The second-order valence-corrected chi connectivity index (χ2v) is 5.94. The molecule has 132 valence electrons. The van der Waals surface area contributed by atoms with E-state index in [0.717, 1.165) is 45.8 Å². The Hall–Kier alpha value is -1.77. The molecule has 0 spiro atoms. The summed E-state index contributed by atoms with van der Waals surface area (Å²) in [5, 5.41) is 17.3. The van der Waals surface area contributed by atoms with E-state index in [0.29, 0.717) is 16.4 Å². The lowest BCUT2D eigenvalue weighted by molar-refractivity contribution is 0.0376. The number of nitrogens with zero attached hydrogens (tertiary/aromatic N) is 2. The average Bonchev–Trinajstić information content (AvgIpc) is 2.59. The van der Waals surface area contributed by atoms with Crippen LogP contribution in [0.25, 0.3) is 0 Å². The standard InChI is InChI=1S/C16H23FN4O2S/c1-12(14-11-13(17)3-4-15(14)22)19-20-16(24)18-5-2-6-21-7-9-23-10-8-21/h3-4,11,22H,2,5-10H2,1H3,(H2,18,20,24)/b19-12+. The molecule has 1 fully saturated rings. The molecule has 1 aromatic carbocycles. The molecular formula is C16H23FN4O2S. The van der Waals surface area contributed by atoms with Crippen molar-refractivity contribution in [3.63, 3.8) is 0 Å². The highest BCUT2D eigenvalue weighted by atomic mass is 32.1. The highest BCUT2D eigenvalue weighted by Gasteiger charge is 2.09. The van der Waals surface area contributed by atoms with E-state index in [1.54, 1.807) is 6.92 Å². The van der Waals surface area contributed by atoms with Gasteiger partial charge in [-0.1, -0.05) is 0 Å². The maximum absolute atomic E-state index is 13.2. The summed E-state index contributed by atoms with van der Waals surface area (Å²) in [6.07, 6.45) is 0.967. The van der Waals surface area contributed by atoms with E-state index < -0.39 is 5.82 Å². The van der Waals surface area contributed by atoms with E-state index in [1.165, 1.54) is 18.2 Å². The maximum atomic E-state index is 13.2. The highest BCUT2D eigenvalue weighted by molar-refractivity contribution is 7.80. The van der Waals surface area contributed by atoms with Crippen molar-refractivity contribution in [2.24, 2.45) is 5.10 Å². The van der Waals surface area contributed by atoms with E-state index >= 15 is 0 Å². The molecule has 24 heavy (non-hydrogen) atoms. The van der Waals surface area contributed by atoms with Gasteiger partial charge in [0.25, 0.3) is 0 Å². The Morgan fingerprint density at radius 1 is 1.42 bits per heavy atom. The fraction of sp³-hybridized carbons (Fsp3) is 0.500. The van der Waals surface area contributed by atoms with Crippen LogP contribution in [0.3, 0.4) is 0 Å². The second-order valence-electron chi connectivity index (χ2n) is 5.53. The first kappa shape index (κ1) is 18.6. The summed E-state index contributed by atoms with van der Waals surface area (Å²) in [5.74, 6) is -0.454. The van der Waals surface area contributed by atoms with Crippen molar-refractivity contribution in [3.05, 3.63) is 29.6 Å². The molecule has 1 saturated heterocycles. The quantitative estimate of drug-likeness (QED) is 0.311. The van der Waals surface area contributed by atoms with E-state index in [1.807, 2.05) is 0 Å². The van der Waals surface area contributed by atoms with Crippen LogP contribution in [-0.4, -0.2) is 60.2 Å². The lowest BCUT2D eigenvalue weighted by Crippen LogP contribution is -2.39. The molecule has 0 aliphatic carbocycles. The average molecular weight is 354 g/mol. The van der Waals surface area contributed by atoms with E-state index in [-0.39, 0.29) is 5.75 Å². The predicted molar refractivity (Wildman–Crippen MR) is 95.9 cm³/mol. The third kappa shape index (κ3) is 6.03. The summed E-state index contributed by atoms with van der Waals surface area (Å²) in [5.41, 5.74) is 3.49. The molecule has 0 aromatic heterocycles. The minimum atomic E-state index is -0.429. The maximum Gasteiger partial charge on any atom is 0.186 e. The largest absolute Gasteiger partial charge is 0.507 e. The van der Waals surface area contributed by atoms with E-state index in [9.17, 15) is 9.50 Å². The zero-order valence-corrected chi connectivity index (χ0v) is 14.5. The Morgan fingerprint density at radius 2 is 2.17 bits per heavy atom. The van der Waals surface area contributed by atoms with Crippen molar-refractivity contribution in [3.8, 4) is 5.75 Å². The zero-order valence-electron chi connectivity index (χ0n) is 13.7. The molecule has 1 aliphatic rings. The number of phenolic OH excluding ortho intramolecular Hbond substituents is 1. The van der Waals surface area contributed by atoms with Crippen LogP contribution < -0.4 is 10.7 Å². The number of ether oxygens (including phenoxy) is 1. The molecule has 0 radical (unpaired) electrons. The van der Waals surface area contributed by atoms with Gasteiger partial charge in [-0.2, -0.15) is 5.10 Å². The monoisotopic (exact) mass is 354 g/mol. The minimum absolute atomic E-state index is 0.0242. The number of hydrogen-bond acceptors (Lipinski definition) is 5. The van der Waals surface area contributed by atoms with Crippen molar-refractivity contribution in [2.45, 2.75) is 13.3 Å². The number of aromatic hydroxyl groups is 1. The van der Waals surface area contributed by atoms with Crippen molar-refractivity contribution in [1.82, 2.24) is 15.6 Å². The summed E-state index contributed by atoms with van der Waals surface area (Å²) >= 11 is 5.15. The normalized spacial score (nSPS) is 16.0. The number of rotatable bonds is 6. The van der Waals surface area contributed by atoms with Crippen LogP contribution in [0.5, 0.6) is 5.75 Å². The van der Waals surface area contributed by atoms with Gasteiger partial charge in [-0.15, -0.1) is 0 Å². The fourth-order valence-corrected chi connectivity index (χ4v) is 2.51. The molecule has 0 atom stereocenters. The van der Waals surface area contributed by atoms with Gasteiger partial charge in [0.15, 0.2) is 5.11 Å². The Labute approximate surface area is 146 Å². The lowest BCUT2D eigenvalue weighted by Gasteiger charge is -2.26. The Kier molecular flexibility index (Phi) is 7.36. The Morgan fingerprint density at radius 3 is 2.92 bits per heavy atom. The van der Waals surface area contributed by atoms with Crippen molar-refractivity contribution in [2.75, 3.05) is 39.4 Å². The van der Waals surface area contributed by atoms with Crippen molar-refractivity contribution in [1.29, 1.82) is 0 Å². The van der Waals surface area contributed by atoms with Gasteiger partial charge in [0.05, 0.1) is 18.9 Å². The molecule has 8 heteroatoms. The van der Waals surface area contributed by atoms with Crippen LogP contribution in [0.4, 0.5) is 4.39 Å². The van der Waals surface area contributed by atoms with Crippen LogP contribution in [0.15, 0.2) is 23.3 Å². The number of thiocarbonyl (C=S) groups is 1. The number of hydrogen-bond donors (Lipinski definition) is 3. The molecule has 1 aliphatic heterocycles. The van der Waals surface area contributed by atoms with E-state index in [2.05, 4.69) is 20.7 Å². The van der Waals surface area contributed by atoms with Crippen LogP contribution in [0.1, 0.15) is 18.9 Å². The summed E-state index contributed by atoms with van der Waals surface area (Å²) in [6, 6.07) is 3.72. The fourth-order valence-electron chi connectivity index (χ4n) is 2.36. The van der Waals surface area contributed by atoms with Crippen LogP contribution in [0.2, 0.25) is 0 Å². The zero-order chi connectivity index (χ0) is 17.4. The van der Waals surface area contributed by atoms with Gasteiger partial charge in [0, 0.05) is 25.2 Å². The molecular weight excluding hydrogens is 331 g/mol. The molecule has 1 heterocycles. The summed E-state index contributed by atoms with van der Waals surface area (Å²) in [6.45, 7) is 6.96. The number of hydrazone groups is 1. The first-order valence-electron chi connectivity index (χ1n) is 7.93. The molecule has 0 saturated carbocycles. The molecule has 0 amide bonds. The summed E-state index contributed by atoms with van der Waals surface area (Å²) in [4.78, 5) is 2.36. The predicted octanol–water partition coefficient (Wildman–Crippen LogP) is 1.44. The SMILES string of the molecule is C/C(=N\NC(=S)NCCCN1CCOCC1)c1cc(F)ccc1O. The first-order valence-corrected chi connectivity index (χ1v) is 8.34. The number of halogens is 1. The van der Waals surface area contributed by atoms with Crippen molar-refractivity contribution < 1.29 is 14.2 Å². The first-order chi connectivity index (χ1) is 11.6. The van der Waals surface area contributed by atoms with Gasteiger partial charge in [-0.3, -0.25) is 10.3 Å². The Balaban J connectivity index is 1.70. The smallest absolute Gasteiger partial charge is 0.186 e. The van der Waals surface area contributed by atoms with Crippen molar-refractivity contribution >= 4 is 23.0 Å². The van der Waals surface area contributed by atoms with Crippen LogP contribution >= 0.6 is 12.2 Å². The lowest BCUT2D eigenvalue weighted by atomic mass is 10.1. The summed E-state index contributed by atoms with van der Waals surface area (Å²) in [7, 11) is 0. The van der Waals surface area contributed by atoms with Gasteiger partial charge < -0.3 is 15.2 Å².